The Morgan fingerprint density at radius 2 is 0.961 bits per heavy atom. The normalized spacial score (nSPS) is 12.9. The van der Waals surface area contributed by atoms with Crippen LogP contribution >= 0.6 is 0 Å². The number of para-hydroxylation sites is 2. The van der Waals surface area contributed by atoms with E-state index < -0.39 is 5.41 Å². The lowest BCUT2D eigenvalue weighted by Gasteiger charge is -2.33. The fraction of sp³-hybridized carbons (Fsp3) is 0.0204. The van der Waals surface area contributed by atoms with E-state index in [2.05, 4.69) is 205 Å². The van der Waals surface area contributed by atoms with Crippen molar-refractivity contribution in [3.8, 4) is 22.3 Å². The molecule has 1 aromatic heterocycles. The number of hydrogen-bond donors (Lipinski definition) is 0. The van der Waals surface area contributed by atoms with Crippen molar-refractivity contribution < 1.29 is 4.42 Å². The minimum absolute atomic E-state index is 0.485. The van der Waals surface area contributed by atoms with Crippen LogP contribution in [-0.4, -0.2) is 0 Å². The van der Waals surface area contributed by atoms with Crippen molar-refractivity contribution in [2.45, 2.75) is 5.41 Å². The van der Waals surface area contributed by atoms with Gasteiger partial charge in [0, 0.05) is 22.1 Å². The Labute approximate surface area is 297 Å². The highest BCUT2D eigenvalue weighted by molar-refractivity contribution is 6.12. The molecular weight excluding hydrogens is 619 g/mol. The van der Waals surface area contributed by atoms with Gasteiger partial charge in [-0.15, -0.1) is 0 Å². The molecular formula is C49H33NO. The molecule has 10 rings (SSSR count). The lowest BCUT2D eigenvalue weighted by molar-refractivity contribution is 0.666. The molecule has 0 spiro atoms. The molecule has 0 unspecified atom stereocenters. The van der Waals surface area contributed by atoms with Crippen LogP contribution in [0.5, 0.6) is 0 Å². The Balaban J connectivity index is 1.21. The van der Waals surface area contributed by atoms with Crippen LogP contribution in [0.2, 0.25) is 0 Å². The molecule has 51 heavy (non-hydrogen) atoms. The van der Waals surface area contributed by atoms with E-state index in [1.807, 2.05) is 0 Å². The third-order valence-corrected chi connectivity index (χ3v) is 10.5. The van der Waals surface area contributed by atoms with Gasteiger partial charge in [0.15, 0.2) is 5.58 Å². The van der Waals surface area contributed by atoms with Gasteiger partial charge in [-0.2, -0.15) is 0 Å². The SMILES string of the molecule is c1ccc(-c2ccc(N(c3ccccc3)c3cccc4c3oc3cc5c(cc34)-c3ccccc3C5(c3ccccc3)c3ccccc3)cc2)cc1. The first kappa shape index (κ1) is 29.3. The Kier molecular flexibility index (Phi) is 6.75. The van der Waals surface area contributed by atoms with Crippen molar-refractivity contribution in [3.63, 3.8) is 0 Å². The molecule has 1 aliphatic carbocycles. The smallest absolute Gasteiger partial charge is 0.159 e. The fourth-order valence-electron chi connectivity index (χ4n) is 8.33. The van der Waals surface area contributed by atoms with Gasteiger partial charge in [0.05, 0.1) is 11.1 Å². The van der Waals surface area contributed by atoms with E-state index in [4.69, 9.17) is 4.42 Å². The largest absolute Gasteiger partial charge is 0.454 e. The van der Waals surface area contributed by atoms with E-state index in [0.29, 0.717) is 0 Å². The maximum Gasteiger partial charge on any atom is 0.159 e. The summed E-state index contributed by atoms with van der Waals surface area (Å²) >= 11 is 0. The number of nitrogens with zero attached hydrogens (tertiary/aromatic N) is 1. The van der Waals surface area contributed by atoms with Gasteiger partial charge >= 0.3 is 0 Å². The quantitative estimate of drug-likeness (QED) is 0.178. The van der Waals surface area contributed by atoms with Crippen LogP contribution in [0.1, 0.15) is 22.3 Å². The van der Waals surface area contributed by atoms with Gasteiger partial charge in [-0.3, -0.25) is 0 Å². The molecule has 0 aliphatic heterocycles. The Hall–Kier alpha value is -6.64. The first-order valence-electron chi connectivity index (χ1n) is 17.5. The lowest BCUT2D eigenvalue weighted by atomic mass is 9.67. The topological polar surface area (TPSA) is 16.4 Å². The van der Waals surface area contributed by atoms with E-state index >= 15 is 0 Å². The Bertz CT molecular complexity index is 2620. The second-order valence-corrected chi connectivity index (χ2v) is 13.3. The van der Waals surface area contributed by atoms with Crippen LogP contribution < -0.4 is 4.90 Å². The maximum absolute atomic E-state index is 7.05. The van der Waals surface area contributed by atoms with Crippen LogP contribution in [-0.2, 0) is 5.41 Å². The summed E-state index contributed by atoms with van der Waals surface area (Å²) in [5.74, 6) is 0. The summed E-state index contributed by atoms with van der Waals surface area (Å²) in [4.78, 5) is 2.31. The molecule has 0 saturated heterocycles. The molecule has 9 aromatic rings. The van der Waals surface area contributed by atoms with Gasteiger partial charge < -0.3 is 9.32 Å². The first-order valence-corrected chi connectivity index (χ1v) is 17.5. The molecule has 0 bridgehead atoms. The zero-order valence-corrected chi connectivity index (χ0v) is 27.9. The van der Waals surface area contributed by atoms with E-state index in [1.165, 1.54) is 44.5 Å². The summed E-state index contributed by atoms with van der Waals surface area (Å²) in [6.07, 6.45) is 0. The van der Waals surface area contributed by atoms with Crippen molar-refractivity contribution in [2.75, 3.05) is 4.90 Å². The van der Waals surface area contributed by atoms with E-state index in [-0.39, 0.29) is 0 Å². The van der Waals surface area contributed by atoms with E-state index in [9.17, 15) is 0 Å². The highest BCUT2D eigenvalue weighted by Crippen LogP contribution is 2.57. The third kappa shape index (κ3) is 4.50. The van der Waals surface area contributed by atoms with Crippen LogP contribution in [0, 0.1) is 0 Å². The molecule has 1 heterocycles. The summed E-state index contributed by atoms with van der Waals surface area (Å²) in [5, 5.41) is 2.21. The van der Waals surface area contributed by atoms with Gasteiger partial charge in [-0.1, -0.05) is 158 Å². The van der Waals surface area contributed by atoms with Crippen LogP contribution in [0.3, 0.4) is 0 Å². The van der Waals surface area contributed by atoms with Gasteiger partial charge in [0.25, 0.3) is 0 Å². The molecule has 0 radical (unpaired) electrons. The summed E-state index contributed by atoms with van der Waals surface area (Å²) in [6.45, 7) is 0. The molecule has 1 aliphatic rings. The summed E-state index contributed by atoms with van der Waals surface area (Å²) < 4.78 is 7.05. The molecule has 0 atom stereocenters. The number of benzene rings is 8. The lowest BCUT2D eigenvalue weighted by Crippen LogP contribution is -2.28. The number of anilines is 3. The second-order valence-electron chi connectivity index (χ2n) is 13.3. The summed E-state index contributed by atoms with van der Waals surface area (Å²) in [7, 11) is 0. The van der Waals surface area contributed by atoms with Crippen molar-refractivity contribution in [3.05, 3.63) is 222 Å². The minimum atomic E-state index is -0.485. The molecule has 8 aromatic carbocycles. The van der Waals surface area contributed by atoms with Gasteiger partial charge in [-0.25, -0.2) is 0 Å². The second kappa shape index (κ2) is 11.8. The molecule has 0 fully saturated rings. The summed E-state index contributed by atoms with van der Waals surface area (Å²) in [5.41, 5.74) is 14.3. The van der Waals surface area contributed by atoms with Crippen LogP contribution in [0.15, 0.2) is 205 Å². The predicted molar refractivity (Wildman–Crippen MR) is 211 cm³/mol. The van der Waals surface area contributed by atoms with Gasteiger partial charge in [0.2, 0.25) is 0 Å². The van der Waals surface area contributed by atoms with E-state index in [1.54, 1.807) is 0 Å². The number of rotatable bonds is 6. The van der Waals surface area contributed by atoms with Crippen LogP contribution in [0.25, 0.3) is 44.2 Å². The zero-order valence-electron chi connectivity index (χ0n) is 27.9. The van der Waals surface area contributed by atoms with Crippen molar-refractivity contribution in [1.82, 2.24) is 0 Å². The zero-order chi connectivity index (χ0) is 33.8. The minimum Gasteiger partial charge on any atom is -0.454 e. The molecule has 2 heteroatoms. The van der Waals surface area contributed by atoms with Gasteiger partial charge in [-0.05, 0) is 87.0 Å². The maximum atomic E-state index is 7.05. The highest BCUT2D eigenvalue weighted by Gasteiger charge is 2.46. The fourth-order valence-corrected chi connectivity index (χ4v) is 8.33. The van der Waals surface area contributed by atoms with E-state index in [0.717, 1.165) is 39.0 Å². The molecule has 0 saturated carbocycles. The summed E-state index contributed by atoms with van der Waals surface area (Å²) in [6, 6.07) is 71.9. The third-order valence-electron chi connectivity index (χ3n) is 10.5. The molecule has 0 N–H and O–H groups in total. The Morgan fingerprint density at radius 1 is 0.392 bits per heavy atom. The van der Waals surface area contributed by atoms with Crippen molar-refractivity contribution in [2.24, 2.45) is 0 Å². The number of hydrogen-bond acceptors (Lipinski definition) is 2. The molecule has 240 valence electrons. The number of furan rings is 1. The molecule has 0 amide bonds. The van der Waals surface area contributed by atoms with Crippen LogP contribution in [0.4, 0.5) is 17.1 Å². The van der Waals surface area contributed by atoms with Crippen molar-refractivity contribution in [1.29, 1.82) is 0 Å². The first-order chi connectivity index (χ1) is 25.3. The average molecular weight is 652 g/mol. The number of fused-ring (bicyclic) bond motifs is 6. The van der Waals surface area contributed by atoms with Gasteiger partial charge in [0.1, 0.15) is 5.58 Å². The highest BCUT2D eigenvalue weighted by atomic mass is 16.3. The average Bonchev–Trinajstić information content (AvgIpc) is 3.72. The van der Waals surface area contributed by atoms with Crippen molar-refractivity contribution >= 4 is 39.0 Å². The predicted octanol–water partition coefficient (Wildman–Crippen LogP) is 13.1. The Morgan fingerprint density at radius 3 is 1.65 bits per heavy atom. The standard InChI is InChI=1S/C49H33NO/c1-5-16-34(17-6-1)35-28-30-39(31-29-35)50(38-22-11-4-12-23-38)46-27-15-25-41-43-32-42-40-24-13-14-26-44(40)49(36-18-7-2-8-19-36,37-20-9-3-10-21-37)45(42)33-47(43)51-48(41)46/h1-33H. The monoisotopic (exact) mass is 651 g/mol. The molecule has 2 nitrogen and oxygen atoms in total.